The first-order valence-corrected chi connectivity index (χ1v) is 2.16. The number of hydrogen-bond donors (Lipinski definition) is 0. The Labute approximate surface area is 61.1 Å². The van der Waals surface area contributed by atoms with Crippen molar-refractivity contribution in [2.75, 3.05) is 0 Å². The monoisotopic (exact) mass is 99.1 g/mol. The maximum Gasteiger partial charge on any atom is 1.00 e. The molecule has 2 heteroatoms. The van der Waals surface area contributed by atoms with E-state index in [2.05, 4.69) is 0 Å². The Kier molecular flexibility index (Phi) is 3.43. The Morgan fingerprint density at radius 2 is 1.50 bits per heavy atom. The van der Waals surface area contributed by atoms with E-state index in [-0.39, 0.29) is 18.9 Å². The summed E-state index contributed by atoms with van der Waals surface area (Å²) in [4.78, 5) is 0. The number of nitrogens with one attached hydrogen (secondary N) is 1. The van der Waals surface area contributed by atoms with Gasteiger partial charge in [-0.05, 0) is 0 Å². The predicted molar refractivity (Wildman–Crippen MR) is 30.4 cm³/mol. The molecule has 1 rings (SSSR count). The Morgan fingerprint density at radius 1 is 1.00 bits per heavy atom. The Balaban J connectivity index is 0.000000490. The summed E-state index contributed by atoms with van der Waals surface area (Å²) in [5.74, 6) is 0. The van der Waals surface area contributed by atoms with Crippen molar-refractivity contribution in [1.82, 2.24) is 0 Å². The van der Waals surface area contributed by atoms with Crippen molar-refractivity contribution in [2.24, 2.45) is 0 Å². The van der Waals surface area contributed by atoms with Gasteiger partial charge in [-0.3, -0.25) is 0 Å². The van der Waals surface area contributed by atoms with E-state index in [9.17, 15) is 0 Å². The Bertz CT molecular complexity index is 138. The van der Waals surface area contributed by atoms with Crippen LogP contribution in [-0.4, -0.2) is 0 Å². The fourth-order valence-electron chi connectivity index (χ4n) is 0.438. The molecule has 0 aromatic heterocycles. The van der Waals surface area contributed by atoms with Crippen molar-refractivity contribution in [3.63, 3.8) is 0 Å². The third-order valence-electron chi connectivity index (χ3n) is 0.774. The molecule has 0 heterocycles. The minimum Gasteiger partial charge on any atom is -0.699 e. The van der Waals surface area contributed by atoms with E-state index < -0.39 is 0 Å². The van der Waals surface area contributed by atoms with Crippen molar-refractivity contribution in [3.8, 4) is 0 Å². The van der Waals surface area contributed by atoms with Gasteiger partial charge in [-0.2, -0.15) is 0 Å². The van der Waals surface area contributed by atoms with E-state index in [0.717, 1.165) is 0 Å². The van der Waals surface area contributed by atoms with Gasteiger partial charge in [0, 0.05) is 0 Å². The molecule has 1 N–H and O–H groups in total. The van der Waals surface area contributed by atoms with E-state index in [4.69, 9.17) is 5.73 Å². The summed E-state index contributed by atoms with van der Waals surface area (Å²) in [6.45, 7) is 0. The molecule has 0 fully saturated rings. The first-order valence-electron chi connectivity index (χ1n) is 2.16. The molecule has 8 heavy (non-hydrogen) atoms. The first kappa shape index (κ1) is 7.62. The van der Waals surface area contributed by atoms with E-state index in [1.54, 1.807) is 12.1 Å². The molecule has 1 aromatic rings. The van der Waals surface area contributed by atoms with Crippen LogP contribution in [0.5, 0.6) is 0 Å². The summed E-state index contributed by atoms with van der Waals surface area (Å²) in [5, 5.41) is 0. The second-order valence-electron chi connectivity index (χ2n) is 1.37. The second-order valence-corrected chi connectivity index (χ2v) is 1.37. The number of benzene rings is 1. The summed E-state index contributed by atoms with van der Waals surface area (Å²) < 4.78 is 0. The average molecular weight is 99.1 g/mol. The van der Waals surface area contributed by atoms with Gasteiger partial charge in [0.2, 0.25) is 0 Å². The molecule has 36 valence electrons. The minimum atomic E-state index is 0. The Hall–Kier alpha value is -0.383. The van der Waals surface area contributed by atoms with Gasteiger partial charge in [0.05, 0.1) is 0 Å². The molecule has 0 amide bonds. The van der Waals surface area contributed by atoms with Crippen LogP contribution >= 0.6 is 0 Å². The fourth-order valence-corrected chi connectivity index (χ4v) is 0.438. The van der Waals surface area contributed by atoms with Crippen LogP contribution in [0.3, 0.4) is 0 Å². The molecule has 0 aliphatic heterocycles. The zero-order valence-electron chi connectivity index (χ0n) is 4.89. The smallest absolute Gasteiger partial charge is 0.699 e. The number of hydrogen-bond acceptors (Lipinski definition) is 0. The van der Waals surface area contributed by atoms with Crippen LogP contribution in [0.4, 0.5) is 5.69 Å². The maximum absolute atomic E-state index is 7.00. The van der Waals surface area contributed by atoms with Gasteiger partial charge >= 0.3 is 18.9 Å². The molecular weight excluding hydrogens is 93.0 g/mol. The van der Waals surface area contributed by atoms with Crippen LogP contribution in [-0.2, 0) is 0 Å². The first-order chi connectivity index (χ1) is 3.39. The van der Waals surface area contributed by atoms with Gasteiger partial charge in [0.1, 0.15) is 0 Å². The quantitative estimate of drug-likeness (QED) is 0.387. The largest absolute Gasteiger partial charge is 1.00 e. The SMILES string of the molecule is [Li+].[NH-]c1ccccc1. The molecule has 0 atom stereocenters. The van der Waals surface area contributed by atoms with Gasteiger partial charge in [0.15, 0.2) is 0 Å². The summed E-state index contributed by atoms with van der Waals surface area (Å²) in [6, 6.07) is 9.10. The number of rotatable bonds is 0. The molecule has 1 aromatic carbocycles. The summed E-state index contributed by atoms with van der Waals surface area (Å²) in [6.07, 6.45) is 0. The topological polar surface area (TPSA) is 23.8 Å². The van der Waals surface area contributed by atoms with E-state index in [0.29, 0.717) is 5.69 Å². The van der Waals surface area contributed by atoms with Gasteiger partial charge < -0.3 is 5.73 Å². The van der Waals surface area contributed by atoms with Crippen LogP contribution in [0.25, 0.3) is 5.73 Å². The van der Waals surface area contributed by atoms with Crippen LogP contribution < -0.4 is 18.9 Å². The Morgan fingerprint density at radius 3 is 1.75 bits per heavy atom. The normalized spacial score (nSPS) is 7.50. The van der Waals surface area contributed by atoms with Crippen molar-refractivity contribution in [3.05, 3.63) is 36.1 Å². The molecule has 0 aliphatic rings. The van der Waals surface area contributed by atoms with Crippen LogP contribution in [0.15, 0.2) is 30.3 Å². The van der Waals surface area contributed by atoms with E-state index in [1.807, 2.05) is 18.2 Å². The molecule has 0 spiro atoms. The molecule has 0 radical (unpaired) electrons. The third-order valence-corrected chi connectivity index (χ3v) is 0.774. The fraction of sp³-hybridized carbons (Fsp3) is 0. The van der Waals surface area contributed by atoms with Crippen LogP contribution in [0, 0.1) is 0 Å². The molecular formula is C6H6LiN. The molecule has 0 saturated carbocycles. The van der Waals surface area contributed by atoms with Gasteiger partial charge in [-0.1, -0.05) is 30.3 Å². The van der Waals surface area contributed by atoms with Crippen molar-refractivity contribution < 1.29 is 18.9 Å². The van der Waals surface area contributed by atoms with E-state index in [1.165, 1.54) is 0 Å². The average Bonchev–Trinajstić information content (AvgIpc) is 1.69. The second kappa shape index (κ2) is 3.60. The van der Waals surface area contributed by atoms with Gasteiger partial charge in [0.25, 0.3) is 0 Å². The minimum absolute atomic E-state index is 0. The standard InChI is InChI=1S/C6H6N.Li/c7-6-4-2-1-3-5-6;/h1-5,7H;/q-1;+1. The van der Waals surface area contributed by atoms with Gasteiger partial charge in [-0.25, -0.2) is 0 Å². The van der Waals surface area contributed by atoms with E-state index >= 15 is 0 Å². The zero-order chi connectivity index (χ0) is 5.11. The molecule has 0 aliphatic carbocycles. The zero-order valence-corrected chi connectivity index (χ0v) is 4.89. The summed E-state index contributed by atoms with van der Waals surface area (Å²) in [7, 11) is 0. The predicted octanol–water partition coefficient (Wildman–Crippen LogP) is -0.626. The van der Waals surface area contributed by atoms with Crippen molar-refractivity contribution >= 4 is 5.69 Å². The molecule has 0 saturated heterocycles. The molecule has 1 nitrogen and oxygen atoms in total. The summed E-state index contributed by atoms with van der Waals surface area (Å²) >= 11 is 0. The molecule has 0 bridgehead atoms. The summed E-state index contributed by atoms with van der Waals surface area (Å²) in [5.41, 5.74) is 7.57. The van der Waals surface area contributed by atoms with Crippen LogP contribution in [0.1, 0.15) is 0 Å². The van der Waals surface area contributed by atoms with Crippen molar-refractivity contribution in [1.29, 1.82) is 0 Å². The third kappa shape index (κ3) is 2.06. The van der Waals surface area contributed by atoms with Crippen molar-refractivity contribution in [2.45, 2.75) is 0 Å². The van der Waals surface area contributed by atoms with Gasteiger partial charge in [-0.15, -0.1) is 5.69 Å². The molecule has 0 unspecified atom stereocenters. The maximum atomic E-state index is 7.00. The van der Waals surface area contributed by atoms with Crippen LogP contribution in [0.2, 0.25) is 0 Å².